The Morgan fingerprint density at radius 2 is 1.97 bits per heavy atom. The zero-order chi connectivity index (χ0) is 21.3. The molecule has 4 rings (SSSR count). The second-order valence-electron chi connectivity index (χ2n) is 7.07. The number of hydrogen-bond acceptors (Lipinski definition) is 8. The summed E-state index contributed by atoms with van der Waals surface area (Å²) in [5, 5.41) is 4.26. The summed E-state index contributed by atoms with van der Waals surface area (Å²) in [5.74, 6) is 0.713. The van der Waals surface area contributed by atoms with Crippen molar-refractivity contribution in [2.24, 2.45) is 10.7 Å². The first-order valence-electron chi connectivity index (χ1n) is 9.52. The van der Waals surface area contributed by atoms with E-state index < -0.39 is 5.91 Å². The van der Waals surface area contributed by atoms with Gasteiger partial charge in [-0.15, -0.1) is 0 Å². The van der Waals surface area contributed by atoms with Crippen LogP contribution in [0.4, 0.5) is 11.5 Å². The molecule has 0 atom stereocenters. The van der Waals surface area contributed by atoms with Crippen molar-refractivity contribution in [2.75, 3.05) is 50.2 Å². The number of amidine groups is 1. The summed E-state index contributed by atoms with van der Waals surface area (Å²) in [4.78, 5) is 34.4. The average Bonchev–Trinajstić information content (AvgIpc) is 3.27. The largest absolute Gasteiger partial charge is 0.387 e. The van der Waals surface area contributed by atoms with E-state index in [1.807, 2.05) is 25.1 Å². The molecule has 3 aromatic rings. The molecule has 4 heterocycles. The van der Waals surface area contributed by atoms with Crippen LogP contribution in [0.25, 0.3) is 17.0 Å². The van der Waals surface area contributed by atoms with Gasteiger partial charge in [0.1, 0.15) is 22.6 Å². The lowest BCUT2D eigenvalue weighted by atomic mass is 10.2. The standard InChI is InChI=1S/C19H23N9O2/c1-12(20)22-18(29)13-11-14(26(2)3)15-16(23-13)17(27-7-9-30-10-8-27)25-19(24-15)28-6-4-5-21-28/h4-6,11H,7-10H2,1-3H3,(H2,20,22,29). The Morgan fingerprint density at radius 3 is 2.60 bits per heavy atom. The number of amides is 1. The lowest BCUT2D eigenvalue weighted by molar-refractivity contribution is 0.0998. The predicted octanol–water partition coefficient (Wildman–Crippen LogP) is 0.630. The Labute approximate surface area is 173 Å². The fourth-order valence-electron chi connectivity index (χ4n) is 3.22. The van der Waals surface area contributed by atoms with Crippen LogP contribution in [-0.2, 0) is 4.74 Å². The molecule has 1 saturated heterocycles. The minimum atomic E-state index is -0.510. The van der Waals surface area contributed by atoms with Crippen molar-refractivity contribution in [3.63, 3.8) is 0 Å². The molecule has 30 heavy (non-hydrogen) atoms. The van der Waals surface area contributed by atoms with Crippen LogP contribution >= 0.6 is 0 Å². The zero-order valence-corrected chi connectivity index (χ0v) is 17.1. The summed E-state index contributed by atoms with van der Waals surface area (Å²) < 4.78 is 7.09. The van der Waals surface area contributed by atoms with Crippen molar-refractivity contribution in [1.82, 2.24) is 24.7 Å². The molecule has 3 aromatic heterocycles. The molecule has 0 unspecified atom stereocenters. The van der Waals surface area contributed by atoms with E-state index in [2.05, 4.69) is 20.0 Å². The topological polar surface area (TPSA) is 128 Å². The van der Waals surface area contributed by atoms with Gasteiger partial charge >= 0.3 is 0 Å². The summed E-state index contributed by atoms with van der Waals surface area (Å²) in [5.41, 5.74) is 7.64. The summed E-state index contributed by atoms with van der Waals surface area (Å²) >= 11 is 0. The number of ether oxygens (including phenoxy) is 1. The first-order chi connectivity index (χ1) is 14.4. The van der Waals surface area contributed by atoms with Crippen molar-refractivity contribution < 1.29 is 9.53 Å². The van der Waals surface area contributed by atoms with Gasteiger partial charge in [-0.05, 0) is 19.1 Å². The highest BCUT2D eigenvalue weighted by Crippen LogP contribution is 2.31. The molecule has 2 N–H and O–H groups in total. The zero-order valence-electron chi connectivity index (χ0n) is 17.1. The highest BCUT2D eigenvalue weighted by molar-refractivity contribution is 6.05. The number of pyridine rings is 1. The third-order valence-electron chi connectivity index (χ3n) is 4.60. The predicted molar refractivity (Wildman–Crippen MR) is 113 cm³/mol. The van der Waals surface area contributed by atoms with E-state index in [1.54, 1.807) is 30.1 Å². The van der Waals surface area contributed by atoms with E-state index >= 15 is 0 Å². The molecule has 1 fully saturated rings. The molecule has 11 heteroatoms. The Hall–Kier alpha value is -3.60. The molecule has 0 aliphatic carbocycles. The van der Waals surface area contributed by atoms with Crippen LogP contribution in [-0.4, -0.2) is 76.9 Å². The maximum absolute atomic E-state index is 12.6. The van der Waals surface area contributed by atoms with Crippen LogP contribution in [0.5, 0.6) is 0 Å². The first-order valence-corrected chi connectivity index (χ1v) is 9.52. The molecule has 0 saturated carbocycles. The van der Waals surface area contributed by atoms with E-state index in [-0.39, 0.29) is 11.5 Å². The Morgan fingerprint density at radius 1 is 1.20 bits per heavy atom. The fourth-order valence-corrected chi connectivity index (χ4v) is 3.22. The van der Waals surface area contributed by atoms with Gasteiger partial charge in [0.15, 0.2) is 5.82 Å². The normalized spacial score (nSPS) is 14.9. The highest BCUT2D eigenvalue weighted by Gasteiger charge is 2.23. The number of nitrogens with zero attached hydrogens (tertiary/aromatic N) is 8. The van der Waals surface area contributed by atoms with E-state index in [1.165, 1.54) is 0 Å². The van der Waals surface area contributed by atoms with Crippen molar-refractivity contribution in [3.05, 3.63) is 30.2 Å². The van der Waals surface area contributed by atoms with Crippen molar-refractivity contribution in [1.29, 1.82) is 0 Å². The van der Waals surface area contributed by atoms with Gasteiger partial charge in [0.25, 0.3) is 11.9 Å². The van der Waals surface area contributed by atoms with Gasteiger partial charge in [-0.2, -0.15) is 15.1 Å². The van der Waals surface area contributed by atoms with Crippen LogP contribution in [0, 0.1) is 0 Å². The molecule has 0 aromatic carbocycles. The first kappa shape index (κ1) is 19.7. The summed E-state index contributed by atoms with van der Waals surface area (Å²) in [6.45, 7) is 4.03. The molecular weight excluding hydrogens is 386 g/mol. The molecule has 1 amide bonds. The number of carbonyl (C=O) groups excluding carboxylic acids is 1. The number of carbonyl (C=O) groups is 1. The number of hydrogen-bond donors (Lipinski definition) is 1. The summed E-state index contributed by atoms with van der Waals surface area (Å²) in [7, 11) is 3.76. The van der Waals surface area contributed by atoms with Crippen LogP contribution in [0.3, 0.4) is 0 Å². The van der Waals surface area contributed by atoms with Crippen molar-refractivity contribution >= 4 is 34.3 Å². The van der Waals surface area contributed by atoms with Gasteiger partial charge in [0.05, 0.1) is 18.9 Å². The van der Waals surface area contributed by atoms with Gasteiger partial charge in [0.2, 0.25) is 0 Å². The molecule has 1 aliphatic heterocycles. The third-order valence-corrected chi connectivity index (χ3v) is 4.60. The number of aliphatic imine (C=N–C) groups is 1. The van der Waals surface area contributed by atoms with Crippen LogP contribution in [0.2, 0.25) is 0 Å². The SMILES string of the molecule is CC(N)=NC(=O)c1cc(N(C)C)c2nc(-n3cccn3)nc(N3CCOCC3)c2n1. The van der Waals surface area contributed by atoms with Gasteiger partial charge in [-0.1, -0.05) is 0 Å². The molecule has 1 aliphatic rings. The molecule has 0 bridgehead atoms. The number of morpholine rings is 1. The molecule has 11 nitrogen and oxygen atoms in total. The number of aromatic nitrogens is 5. The van der Waals surface area contributed by atoms with Crippen LogP contribution in [0.15, 0.2) is 29.5 Å². The van der Waals surface area contributed by atoms with E-state index in [0.717, 1.165) is 5.69 Å². The lowest BCUT2D eigenvalue weighted by Crippen LogP contribution is -2.37. The van der Waals surface area contributed by atoms with E-state index in [4.69, 9.17) is 20.4 Å². The van der Waals surface area contributed by atoms with Gasteiger partial charge in [-0.3, -0.25) is 4.79 Å². The quantitative estimate of drug-likeness (QED) is 0.487. The number of fused-ring (bicyclic) bond motifs is 1. The maximum atomic E-state index is 12.6. The minimum Gasteiger partial charge on any atom is -0.387 e. The molecule has 0 radical (unpaired) electrons. The fraction of sp³-hybridized carbons (Fsp3) is 0.368. The summed E-state index contributed by atoms with van der Waals surface area (Å²) in [6.07, 6.45) is 3.45. The van der Waals surface area contributed by atoms with Gasteiger partial charge in [-0.25, -0.2) is 14.6 Å². The van der Waals surface area contributed by atoms with E-state index in [0.29, 0.717) is 49.1 Å². The molecule has 156 valence electrons. The number of anilines is 2. The van der Waals surface area contributed by atoms with Gasteiger partial charge in [0, 0.05) is 39.6 Å². The molecular formula is C19H23N9O2. The average molecular weight is 409 g/mol. The number of rotatable bonds is 4. The van der Waals surface area contributed by atoms with Crippen molar-refractivity contribution in [2.45, 2.75) is 6.92 Å². The Balaban J connectivity index is 2.00. The van der Waals surface area contributed by atoms with Gasteiger partial charge < -0.3 is 20.3 Å². The maximum Gasteiger partial charge on any atom is 0.297 e. The smallest absolute Gasteiger partial charge is 0.297 e. The summed E-state index contributed by atoms with van der Waals surface area (Å²) in [6, 6.07) is 3.47. The monoisotopic (exact) mass is 409 g/mol. The van der Waals surface area contributed by atoms with Crippen molar-refractivity contribution in [3.8, 4) is 5.95 Å². The Bertz CT molecular complexity index is 1100. The third kappa shape index (κ3) is 3.79. The minimum absolute atomic E-state index is 0.173. The molecule has 0 spiro atoms. The van der Waals surface area contributed by atoms with E-state index in [9.17, 15) is 4.79 Å². The lowest BCUT2D eigenvalue weighted by Gasteiger charge is -2.29. The second-order valence-corrected chi connectivity index (χ2v) is 7.07. The number of nitrogens with two attached hydrogens (primary N) is 1. The Kier molecular flexibility index (Phi) is 5.27. The second kappa shape index (κ2) is 8.03. The van der Waals surface area contributed by atoms with Crippen LogP contribution in [0.1, 0.15) is 17.4 Å². The highest BCUT2D eigenvalue weighted by atomic mass is 16.5. The van der Waals surface area contributed by atoms with Crippen LogP contribution < -0.4 is 15.5 Å².